The molecule has 3 nitrogen and oxygen atoms in total. The van der Waals surface area contributed by atoms with Gasteiger partial charge in [-0.05, 0) is 37.8 Å². The molecule has 1 rings (SSSR count). The Balaban J connectivity index is 2.97. The Morgan fingerprint density at radius 2 is 1.58 bits per heavy atom. The van der Waals surface area contributed by atoms with Gasteiger partial charge in [0.1, 0.15) is 11.5 Å². The number of nitrogens with zero attached hydrogens (tertiary/aromatic N) is 1. The molecule has 19 heavy (non-hydrogen) atoms. The molecule has 0 bridgehead atoms. The smallest absolute Gasteiger partial charge is 0.122 e. The second-order valence-corrected chi connectivity index (χ2v) is 6.49. The monoisotopic (exact) mass is 266 g/mol. The van der Waals surface area contributed by atoms with Crippen molar-refractivity contribution in [2.75, 3.05) is 13.1 Å². The Hall–Kier alpha value is -0.800. The van der Waals surface area contributed by atoms with Gasteiger partial charge in [0.15, 0.2) is 0 Å². The SMILES string of the molecule is Cc1ccc(C(C(C)N)N(CC(C)C)CC(C)C)o1. The van der Waals surface area contributed by atoms with Gasteiger partial charge < -0.3 is 10.2 Å². The molecule has 1 aromatic heterocycles. The first-order valence-electron chi connectivity index (χ1n) is 7.37. The van der Waals surface area contributed by atoms with Gasteiger partial charge in [-0.1, -0.05) is 27.7 Å². The molecule has 0 saturated carbocycles. The van der Waals surface area contributed by atoms with E-state index >= 15 is 0 Å². The molecule has 0 aliphatic heterocycles. The van der Waals surface area contributed by atoms with E-state index in [0.29, 0.717) is 11.8 Å². The summed E-state index contributed by atoms with van der Waals surface area (Å²) in [6.07, 6.45) is 0. The summed E-state index contributed by atoms with van der Waals surface area (Å²) in [4.78, 5) is 2.47. The third-order valence-corrected chi connectivity index (χ3v) is 3.14. The largest absolute Gasteiger partial charge is 0.465 e. The molecule has 0 fully saturated rings. The zero-order chi connectivity index (χ0) is 14.6. The summed E-state index contributed by atoms with van der Waals surface area (Å²) in [6, 6.07) is 4.31. The molecule has 3 heteroatoms. The van der Waals surface area contributed by atoms with Crippen LogP contribution in [0.5, 0.6) is 0 Å². The Morgan fingerprint density at radius 1 is 1.05 bits per heavy atom. The lowest BCUT2D eigenvalue weighted by molar-refractivity contribution is 0.122. The van der Waals surface area contributed by atoms with Crippen molar-refractivity contribution in [2.24, 2.45) is 17.6 Å². The van der Waals surface area contributed by atoms with Crippen molar-refractivity contribution in [1.29, 1.82) is 0 Å². The maximum Gasteiger partial charge on any atom is 0.122 e. The highest BCUT2D eigenvalue weighted by atomic mass is 16.3. The maximum absolute atomic E-state index is 6.23. The van der Waals surface area contributed by atoms with E-state index in [1.165, 1.54) is 0 Å². The third kappa shape index (κ3) is 5.00. The minimum Gasteiger partial charge on any atom is -0.465 e. The van der Waals surface area contributed by atoms with E-state index in [-0.39, 0.29) is 12.1 Å². The Labute approximate surface area is 118 Å². The number of furan rings is 1. The van der Waals surface area contributed by atoms with Gasteiger partial charge in [0.2, 0.25) is 0 Å². The van der Waals surface area contributed by atoms with Crippen molar-refractivity contribution in [3.63, 3.8) is 0 Å². The molecule has 110 valence electrons. The highest BCUT2D eigenvalue weighted by molar-refractivity contribution is 5.12. The van der Waals surface area contributed by atoms with E-state index in [0.717, 1.165) is 24.6 Å². The second kappa shape index (κ2) is 7.11. The van der Waals surface area contributed by atoms with E-state index in [1.54, 1.807) is 0 Å². The van der Waals surface area contributed by atoms with Gasteiger partial charge in [0.05, 0.1) is 6.04 Å². The van der Waals surface area contributed by atoms with Crippen LogP contribution in [0.3, 0.4) is 0 Å². The summed E-state index contributed by atoms with van der Waals surface area (Å²) < 4.78 is 5.83. The van der Waals surface area contributed by atoms with Crippen molar-refractivity contribution < 1.29 is 4.42 Å². The molecule has 2 atom stereocenters. The zero-order valence-corrected chi connectivity index (χ0v) is 13.3. The molecular weight excluding hydrogens is 236 g/mol. The lowest BCUT2D eigenvalue weighted by Gasteiger charge is -2.35. The number of nitrogens with two attached hydrogens (primary N) is 1. The van der Waals surface area contributed by atoms with Gasteiger partial charge in [-0.3, -0.25) is 4.90 Å². The average molecular weight is 266 g/mol. The number of hydrogen-bond donors (Lipinski definition) is 1. The molecule has 0 aliphatic rings. The second-order valence-electron chi connectivity index (χ2n) is 6.49. The molecule has 0 aliphatic carbocycles. The van der Waals surface area contributed by atoms with Crippen LogP contribution in [0, 0.1) is 18.8 Å². The van der Waals surface area contributed by atoms with Crippen molar-refractivity contribution in [2.45, 2.75) is 53.6 Å². The summed E-state index contributed by atoms with van der Waals surface area (Å²) in [5.74, 6) is 3.19. The number of aryl methyl sites for hydroxylation is 1. The van der Waals surface area contributed by atoms with Gasteiger partial charge in [-0.25, -0.2) is 0 Å². The molecule has 2 unspecified atom stereocenters. The lowest BCUT2D eigenvalue weighted by atomic mass is 10.0. The Kier molecular flexibility index (Phi) is 6.08. The van der Waals surface area contributed by atoms with Gasteiger partial charge in [-0.15, -0.1) is 0 Å². The molecule has 1 aromatic rings. The van der Waals surface area contributed by atoms with Crippen molar-refractivity contribution in [3.05, 3.63) is 23.7 Å². The third-order valence-electron chi connectivity index (χ3n) is 3.14. The number of rotatable bonds is 7. The first-order valence-corrected chi connectivity index (χ1v) is 7.37. The van der Waals surface area contributed by atoms with Crippen LogP contribution in [-0.4, -0.2) is 24.0 Å². The quantitative estimate of drug-likeness (QED) is 0.820. The predicted molar refractivity (Wildman–Crippen MR) is 81.1 cm³/mol. The number of hydrogen-bond acceptors (Lipinski definition) is 3. The highest BCUT2D eigenvalue weighted by Crippen LogP contribution is 2.27. The van der Waals surface area contributed by atoms with Gasteiger partial charge in [0, 0.05) is 19.1 Å². The fourth-order valence-corrected chi connectivity index (χ4v) is 2.62. The molecule has 2 N–H and O–H groups in total. The Bertz CT molecular complexity index is 359. The predicted octanol–water partition coefficient (Wildman–Crippen LogP) is 3.59. The van der Waals surface area contributed by atoms with Gasteiger partial charge in [-0.2, -0.15) is 0 Å². The van der Waals surface area contributed by atoms with E-state index in [1.807, 2.05) is 13.0 Å². The van der Waals surface area contributed by atoms with Crippen LogP contribution in [0.2, 0.25) is 0 Å². The van der Waals surface area contributed by atoms with Gasteiger partial charge in [0.25, 0.3) is 0 Å². The van der Waals surface area contributed by atoms with E-state index < -0.39 is 0 Å². The summed E-state index contributed by atoms with van der Waals surface area (Å²) in [7, 11) is 0. The molecule has 0 spiro atoms. The van der Waals surface area contributed by atoms with Crippen LogP contribution in [0.1, 0.15) is 52.2 Å². The lowest BCUT2D eigenvalue weighted by Crippen LogP contribution is -2.42. The van der Waals surface area contributed by atoms with Crippen LogP contribution >= 0.6 is 0 Å². The van der Waals surface area contributed by atoms with Crippen LogP contribution in [-0.2, 0) is 0 Å². The fraction of sp³-hybridized carbons (Fsp3) is 0.750. The van der Waals surface area contributed by atoms with Crippen LogP contribution in [0.25, 0.3) is 0 Å². The normalized spacial score (nSPS) is 15.5. The average Bonchev–Trinajstić information content (AvgIpc) is 2.62. The summed E-state index contributed by atoms with van der Waals surface area (Å²) in [5, 5.41) is 0. The minimum absolute atomic E-state index is 0.0584. The molecular formula is C16H30N2O. The summed E-state index contributed by atoms with van der Waals surface area (Å²) in [5.41, 5.74) is 6.23. The summed E-state index contributed by atoms with van der Waals surface area (Å²) in [6.45, 7) is 15.1. The van der Waals surface area contributed by atoms with Crippen LogP contribution in [0.15, 0.2) is 16.5 Å². The fourth-order valence-electron chi connectivity index (χ4n) is 2.62. The van der Waals surface area contributed by atoms with E-state index in [4.69, 9.17) is 10.2 Å². The van der Waals surface area contributed by atoms with Crippen molar-refractivity contribution >= 4 is 0 Å². The molecule has 1 heterocycles. The van der Waals surface area contributed by atoms with Crippen LogP contribution < -0.4 is 5.73 Å². The van der Waals surface area contributed by atoms with Crippen molar-refractivity contribution in [3.8, 4) is 0 Å². The first-order chi connectivity index (χ1) is 8.81. The van der Waals surface area contributed by atoms with E-state index in [9.17, 15) is 0 Å². The molecule has 0 saturated heterocycles. The van der Waals surface area contributed by atoms with Gasteiger partial charge >= 0.3 is 0 Å². The zero-order valence-electron chi connectivity index (χ0n) is 13.3. The molecule has 0 radical (unpaired) electrons. The molecule has 0 amide bonds. The highest BCUT2D eigenvalue weighted by Gasteiger charge is 2.27. The van der Waals surface area contributed by atoms with Crippen molar-refractivity contribution in [1.82, 2.24) is 4.90 Å². The first kappa shape index (κ1) is 16.3. The topological polar surface area (TPSA) is 42.4 Å². The minimum atomic E-state index is 0.0584. The Morgan fingerprint density at radius 3 is 1.89 bits per heavy atom. The summed E-state index contributed by atoms with van der Waals surface area (Å²) >= 11 is 0. The standard InChI is InChI=1S/C16H30N2O/c1-11(2)9-18(10-12(3)4)16(14(6)17)15-8-7-13(5)19-15/h7-8,11-12,14,16H,9-10,17H2,1-6H3. The molecule has 0 aromatic carbocycles. The van der Waals surface area contributed by atoms with E-state index in [2.05, 4.69) is 45.6 Å². The maximum atomic E-state index is 6.23. The van der Waals surface area contributed by atoms with Crippen LogP contribution in [0.4, 0.5) is 0 Å².